The van der Waals surface area contributed by atoms with Crippen molar-refractivity contribution in [2.75, 3.05) is 18.8 Å². The van der Waals surface area contributed by atoms with E-state index in [4.69, 9.17) is 4.52 Å². The molecular weight excluding hydrogens is 272 g/mol. The summed E-state index contributed by atoms with van der Waals surface area (Å²) in [6, 6.07) is 1.92. The van der Waals surface area contributed by atoms with E-state index in [9.17, 15) is 0 Å². The lowest BCUT2D eigenvalue weighted by Gasteiger charge is -2.24. The maximum absolute atomic E-state index is 5.17. The molecule has 0 aliphatic carbocycles. The smallest absolute Gasteiger partial charge is 0.191 e. The molecule has 1 unspecified atom stereocenters. The van der Waals surface area contributed by atoms with Crippen LogP contribution < -0.4 is 10.6 Å². The first-order valence-electron chi connectivity index (χ1n) is 7.20. The van der Waals surface area contributed by atoms with Gasteiger partial charge in [0.25, 0.3) is 0 Å². The van der Waals surface area contributed by atoms with Crippen LogP contribution in [0.25, 0.3) is 0 Å². The summed E-state index contributed by atoms with van der Waals surface area (Å²) in [4.78, 5) is 4.54. The Balaban J connectivity index is 1.88. The molecule has 1 fully saturated rings. The first-order chi connectivity index (χ1) is 9.61. The molecule has 0 radical (unpaired) electrons. The molecule has 112 valence electrons. The van der Waals surface area contributed by atoms with Gasteiger partial charge in [0.2, 0.25) is 0 Å². The number of aliphatic imine (C=N–C) groups is 1. The third-order valence-electron chi connectivity index (χ3n) is 3.34. The molecule has 0 aromatic carbocycles. The molecule has 1 aromatic rings. The average molecular weight is 296 g/mol. The van der Waals surface area contributed by atoms with Gasteiger partial charge < -0.3 is 15.2 Å². The Morgan fingerprint density at radius 1 is 1.55 bits per heavy atom. The summed E-state index contributed by atoms with van der Waals surface area (Å²) in [7, 11) is 0. The van der Waals surface area contributed by atoms with Gasteiger partial charge in [-0.2, -0.15) is 11.8 Å². The fourth-order valence-electron chi connectivity index (χ4n) is 2.24. The van der Waals surface area contributed by atoms with Crippen LogP contribution in [0.2, 0.25) is 0 Å². The number of aromatic nitrogens is 1. The van der Waals surface area contributed by atoms with Crippen molar-refractivity contribution in [2.45, 2.75) is 44.9 Å². The van der Waals surface area contributed by atoms with Crippen LogP contribution in [-0.2, 0) is 6.54 Å². The Kier molecular flexibility index (Phi) is 5.34. The van der Waals surface area contributed by atoms with Crippen LogP contribution in [0, 0.1) is 6.92 Å². The normalized spacial score (nSPS) is 23.1. The lowest BCUT2D eigenvalue weighted by molar-refractivity contribution is 0.381. The average Bonchev–Trinajstić information content (AvgIpc) is 3.03. The zero-order valence-corrected chi connectivity index (χ0v) is 13.3. The molecule has 2 rings (SSSR count). The molecule has 0 saturated carbocycles. The molecular formula is C14H24N4OS. The summed E-state index contributed by atoms with van der Waals surface area (Å²) in [6.45, 7) is 8.62. The molecule has 5 nitrogen and oxygen atoms in total. The van der Waals surface area contributed by atoms with Gasteiger partial charge in [-0.05, 0) is 39.4 Å². The van der Waals surface area contributed by atoms with Gasteiger partial charge in [-0.1, -0.05) is 5.16 Å². The maximum Gasteiger partial charge on any atom is 0.191 e. The van der Waals surface area contributed by atoms with Crippen LogP contribution in [0.5, 0.6) is 0 Å². The van der Waals surface area contributed by atoms with E-state index in [2.05, 4.69) is 34.6 Å². The van der Waals surface area contributed by atoms with E-state index in [0.717, 1.165) is 30.5 Å². The van der Waals surface area contributed by atoms with E-state index in [-0.39, 0.29) is 0 Å². The maximum atomic E-state index is 5.17. The number of nitrogens with zero attached hydrogens (tertiary/aromatic N) is 2. The van der Waals surface area contributed by atoms with Crippen molar-refractivity contribution in [1.82, 2.24) is 15.8 Å². The number of aryl methyl sites for hydroxylation is 1. The molecule has 20 heavy (non-hydrogen) atoms. The van der Waals surface area contributed by atoms with Crippen molar-refractivity contribution < 1.29 is 4.52 Å². The Bertz CT molecular complexity index is 452. The number of hydrogen-bond donors (Lipinski definition) is 2. The van der Waals surface area contributed by atoms with Crippen LogP contribution in [0.4, 0.5) is 0 Å². The first-order valence-corrected chi connectivity index (χ1v) is 8.18. The van der Waals surface area contributed by atoms with Crippen LogP contribution in [-0.4, -0.2) is 34.7 Å². The molecule has 1 aliphatic rings. The van der Waals surface area contributed by atoms with Crippen molar-refractivity contribution in [3.8, 4) is 0 Å². The monoisotopic (exact) mass is 296 g/mol. The molecule has 0 spiro atoms. The van der Waals surface area contributed by atoms with Crippen LogP contribution in [0.3, 0.4) is 0 Å². The van der Waals surface area contributed by atoms with E-state index in [1.165, 1.54) is 18.6 Å². The van der Waals surface area contributed by atoms with E-state index in [1.54, 1.807) is 0 Å². The minimum Gasteiger partial charge on any atom is -0.359 e. The summed E-state index contributed by atoms with van der Waals surface area (Å²) in [5.74, 6) is 2.90. The Labute approximate surface area is 125 Å². The third kappa shape index (κ3) is 4.44. The number of rotatable bonds is 5. The number of hydrogen-bond acceptors (Lipinski definition) is 4. The lowest BCUT2D eigenvalue weighted by atomic mass is 10.1. The Hall–Kier alpha value is -1.17. The summed E-state index contributed by atoms with van der Waals surface area (Å²) in [5, 5.41) is 10.6. The zero-order valence-electron chi connectivity index (χ0n) is 12.5. The topological polar surface area (TPSA) is 62.5 Å². The van der Waals surface area contributed by atoms with Crippen molar-refractivity contribution in [3.63, 3.8) is 0 Å². The summed E-state index contributed by atoms with van der Waals surface area (Å²) < 4.78 is 5.51. The molecule has 0 amide bonds. The van der Waals surface area contributed by atoms with Gasteiger partial charge in [0.1, 0.15) is 6.54 Å². The van der Waals surface area contributed by atoms with Gasteiger partial charge in [-0.3, -0.25) is 0 Å². The molecule has 0 bridgehead atoms. The number of guanidine groups is 1. The molecule has 2 N–H and O–H groups in total. The van der Waals surface area contributed by atoms with Crippen molar-refractivity contribution in [1.29, 1.82) is 0 Å². The Morgan fingerprint density at radius 3 is 3.00 bits per heavy atom. The van der Waals surface area contributed by atoms with Gasteiger partial charge >= 0.3 is 0 Å². The Morgan fingerprint density at radius 2 is 2.40 bits per heavy atom. The highest BCUT2D eigenvalue weighted by Crippen LogP contribution is 2.36. The predicted octanol–water partition coefficient (Wildman–Crippen LogP) is 2.32. The van der Waals surface area contributed by atoms with Crippen LogP contribution in [0.15, 0.2) is 15.6 Å². The first kappa shape index (κ1) is 15.2. The third-order valence-corrected chi connectivity index (χ3v) is 4.88. The van der Waals surface area contributed by atoms with Gasteiger partial charge in [0, 0.05) is 23.9 Å². The van der Waals surface area contributed by atoms with Crippen molar-refractivity contribution in [3.05, 3.63) is 17.5 Å². The molecule has 1 aromatic heterocycles. The SMILES string of the molecule is CCNC(=NCc1cc(C)no1)NCC1(C)CCCS1. The van der Waals surface area contributed by atoms with Crippen molar-refractivity contribution >= 4 is 17.7 Å². The van der Waals surface area contributed by atoms with Crippen LogP contribution in [0.1, 0.15) is 38.1 Å². The summed E-state index contributed by atoms with van der Waals surface area (Å²) >= 11 is 2.05. The van der Waals surface area contributed by atoms with E-state index < -0.39 is 0 Å². The molecule has 1 saturated heterocycles. The summed E-state index contributed by atoms with van der Waals surface area (Å²) in [5.41, 5.74) is 0.892. The van der Waals surface area contributed by atoms with E-state index in [0.29, 0.717) is 11.3 Å². The van der Waals surface area contributed by atoms with Gasteiger partial charge in [-0.25, -0.2) is 4.99 Å². The quantitative estimate of drug-likeness (QED) is 0.645. The highest BCUT2D eigenvalue weighted by molar-refractivity contribution is 8.00. The molecule has 1 aliphatic heterocycles. The van der Waals surface area contributed by atoms with Crippen molar-refractivity contribution in [2.24, 2.45) is 4.99 Å². The number of thioether (sulfide) groups is 1. The largest absolute Gasteiger partial charge is 0.359 e. The second-order valence-electron chi connectivity index (χ2n) is 5.39. The fraction of sp³-hybridized carbons (Fsp3) is 0.714. The lowest BCUT2D eigenvalue weighted by Crippen LogP contribution is -2.43. The van der Waals surface area contributed by atoms with Gasteiger partial charge in [0.15, 0.2) is 11.7 Å². The number of nitrogens with one attached hydrogen (secondary N) is 2. The minimum absolute atomic E-state index is 0.332. The standard InChI is InChI=1S/C14H24N4OS/c1-4-15-13(16-9-12-8-11(2)18-19-12)17-10-14(3)6-5-7-20-14/h8H,4-7,9-10H2,1-3H3,(H2,15,16,17). The van der Waals surface area contributed by atoms with Crippen LogP contribution >= 0.6 is 11.8 Å². The van der Waals surface area contributed by atoms with Gasteiger partial charge in [0.05, 0.1) is 5.69 Å². The van der Waals surface area contributed by atoms with E-state index >= 15 is 0 Å². The molecule has 6 heteroatoms. The minimum atomic E-state index is 0.332. The zero-order chi connectivity index (χ0) is 14.4. The highest BCUT2D eigenvalue weighted by atomic mass is 32.2. The molecule has 2 heterocycles. The predicted molar refractivity (Wildman–Crippen MR) is 84.2 cm³/mol. The summed E-state index contributed by atoms with van der Waals surface area (Å²) in [6.07, 6.45) is 2.58. The fourth-order valence-corrected chi connectivity index (χ4v) is 3.48. The highest BCUT2D eigenvalue weighted by Gasteiger charge is 2.29. The molecule has 1 atom stereocenters. The van der Waals surface area contributed by atoms with E-state index in [1.807, 2.05) is 24.8 Å². The second kappa shape index (κ2) is 7.02. The second-order valence-corrected chi connectivity index (χ2v) is 7.07. The van der Waals surface area contributed by atoms with Gasteiger partial charge in [-0.15, -0.1) is 0 Å².